The monoisotopic (exact) mass is 446 g/mol. The maximum absolute atomic E-state index is 8.73. The highest BCUT2D eigenvalue weighted by Crippen LogP contribution is 2.52. The van der Waals surface area contributed by atoms with Gasteiger partial charge in [-0.25, -0.2) is 4.57 Å². The summed E-state index contributed by atoms with van der Waals surface area (Å²) in [5.41, 5.74) is 0.406. The highest BCUT2D eigenvalue weighted by Gasteiger charge is 2.38. The van der Waals surface area contributed by atoms with E-state index in [1.54, 1.807) is 30.7 Å². The zero-order valence-electron chi connectivity index (χ0n) is 31.1. The maximum Gasteiger partial charge on any atom is 0.216 e. The van der Waals surface area contributed by atoms with Crippen molar-refractivity contribution in [2.45, 2.75) is 45.6 Å². The van der Waals surface area contributed by atoms with Gasteiger partial charge in [-0.1, -0.05) is 51.7 Å². The van der Waals surface area contributed by atoms with Gasteiger partial charge in [0.15, 0.2) is 6.20 Å². The topological polar surface area (TPSA) is 29.9 Å². The van der Waals surface area contributed by atoms with Gasteiger partial charge < -0.3 is 4.42 Å². The van der Waals surface area contributed by atoms with Crippen LogP contribution in [0.5, 0.6) is 0 Å². The van der Waals surface area contributed by atoms with E-state index in [1.165, 1.54) is 36.8 Å². The molecular formula is C30H29N2O+. The lowest BCUT2D eigenvalue weighted by atomic mass is 9.83. The van der Waals surface area contributed by atoms with Crippen molar-refractivity contribution in [3.05, 3.63) is 83.3 Å². The SMILES string of the molecule is [2H]C([2H])([2H])C([2H])(c1cc[n+](C)c(-c2c(C)ccc3c2oc2c4c(ccc23)C(C([2H])([2H])[2H])(C([2H])([2H])[2H])c2cnccc2-4)c1)C([2H])([2H])[2H]. The summed E-state index contributed by atoms with van der Waals surface area (Å²) in [4.78, 5) is 4.09. The molecule has 0 N–H and O–H groups in total. The quantitative estimate of drug-likeness (QED) is 0.268. The van der Waals surface area contributed by atoms with Crippen LogP contribution in [0.1, 0.15) is 73.4 Å². The summed E-state index contributed by atoms with van der Waals surface area (Å²) in [6.07, 6.45) is 4.24. The minimum Gasteiger partial charge on any atom is -0.454 e. The highest BCUT2D eigenvalue weighted by atomic mass is 16.3. The molecule has 0 saturated carbocycles. The molecule has 0 spiro atoms. The van der Waals surface area contributed by atoms with E-state index < -0.39 is 38.7 Å². The van der Waals surface area contributed by atoms with Crippen molar-refractivity contribution in [1.29, 1.82) is 0 Å². The van der Waals surface area contributed by atoms with Crippen LogP contribution >= 0.6 is 0 Å². The Bertz CT molecular complexity index is 2020. The first-order chi connectivity index (χ1) is 21.1. The van der Waals surface area contributed by atoms with Crippen LogP contribution in [-0.2, 0) is 12.5 Å². The number of rotatable bonds is 2. The Balaban J connectivity index is 1.71. The molecule has 0 aliphatic heterocycles. The first kappa shape index (κ1) is 10.6. The van der Waals surface area contributed by atoms with Crippen molar-refractivity contribution in [2.75, 3.05) is 0 Å². The Labute approximate surface area is 213 Å². The lowest BCUT2D eigenvalue weighted by molar-refractivity contribution is -0.660. The number of pyridine rings is 2. The number of aryl methyl sites for hydroxylation is 2. The second kappa shape index (κ2) is 6.77. The fraction of sp³-hybridized carbons (Fsp3) is 0.267. The number of hydrogen-bond acceptors (Lipinski definition) is 2. The minimum absolute atomic E-state index is 0.0505. The van der Waals surface area contributed by atoms with Gasteiger partial charge in [0.2, 0.25) is 5.69 Å². The van der Waals surface area contributed by atoms with Gasteiger partial charge in [0.05, 0.1) is 5.56 Å². The highest BCUT2D eigenvalue weighted by molar-refractivity contribution is 6.14. The molecule has 3 nitrogen and oxygen atoms in total. The predicted octanol–water partition coefficient (Wildman–Crippen LogP) is 7.21. The Hall–Kier alpha value is -3.46. The fourth-order valence-electron chi connectivity index (χ4n) is 4.93. The van der Waals surface area contributed by atoms with Crippen LogP contribution in [0.3, 0.4) is 0 Å². The van der Waals surface area contributed by atoms with Crippen molar-refractivity contribution in [2.24, 2.45) is 7.05 Å². The largest absolute Gasteiger partial charge is 0.454 e. The van der Waals surface area contributed by atoms with E-state index in [2.05, 4.69) is 4.98 Å². The normalized spacial score (nSPS) is 21.9. The van der Waals surface area contributed by atoms with Gasteiger partial charge in [-0.3, -0.25) is 4.98 Å². The average Bonchev–Trinajstić information content (AvgIpc) is 3.45. The Morgan fingerprint density at radius 2 is 1.79 bits per heavy atom. The smallest absolute Gasteiger partial charge is 0.216 e. The van der Waals surface area contributed by atoms with Crippen molar-refractivity contribution in [3.8, 4) is 22.4 Å². The zero-order chi connectivity index (χ0) is 34.0. The fourth-order valence-corrected chi connectivity index (χ4v) is 4.93. The third-order valence-electron chi connectivity index (χ3n) is 6.61. The van der Waals surface area contributed by atoms with E-state index in [1.807, 2.05) is 12.1 Å². The second-order valence-corrected chi connectivity index (χ2v) is 8.56. The molecule has 1 aliphatic rings. The molecule has 0 radical (unpaired) electrons. The molecule has 0 atom stereocenters. The summed E-state index contributed by atoms with van der Waals surface area (Å²) in [5, 5.41) is 1.20. The number of aromatic nitrogens is 2. The van der Waals surface area contributed by atoms with Crippen molar-refractivity contribution < 1.29 is 26.8 Å². The molecule has 1 aliphatic carbocycles. The molecule has 0 bridgehead atoms. The second-order valence-electron chi connectivity index (χ2n) is 8.56. The van der Waals surface area contributed by atoms with Crippen molar-refractivity contribution in [3.63, 3.8) is 0 Å². The molecule has 0 saturated heterocycles. The average molecular weight is 447 g/mol. The molecule has 3 heteroatoms. The van der Waals surface area contributed by atoms with E-state index in [4.69, 9.17) is 22.2 Å². The van der Waals surface area contributed by atoms with Crippen LogP contribution in [0.15, 0.2) is 65.5 Å². The first-order valence-corrected chi connectivity index (χ1v) is 10.5. The minimum atomic E-state index is -3.18. The molecule has 6 rings (SSSR count). The summed E-state index contributed by atoms with van der Waals surface area (Å²) in [5.74, 6) is -2.93. The summed E-state index contributed by atoms with van der Waals surface area (Å²) in [7, 11) is 1.69. The van der Waals surface area contributed by atoms with Gasteiger partial charge in [0.25, 0.3) is 0 Å². The zero-order valence-corrected chi connectivity index (χ0v) is 18.1. The summed E-state index contributed by atoms with van der Waals surface area (Å²) in [6.45, 7) is -10.5. The van der Waals surface area contributed by atoms with E-state index in [-0.39, 0.29) is 22.3 Å². The van der Waals surface area contributed by atoms with E-state index in [0.717, 1.165) is 0 Å². The van der Waals surface area contributed by atoms with Crippen LogP contribution in [0.25, 0.3) is 44.3 Å². The summed E-state index contributed by atoms with van der Waals surface area (Å²) < 4.78 is 116. The van der Waals surface area contributed by atoms with E-state index in [9.17, 15) is 0 Å². The van der Waals surface area contributed by atoms with Gasteiger partial charge in [0, 0.05) is 64.1 Å². The van der Waals surface area contributed by atoms with Crippen LogP contribution < -0.4 is 4.57 Å². The molecule has 164 valence electrons. The van der Waals surface area contributed by atoms with Crippen molar-refractivity contribution in [1.82, 2.24) is 4.98 Å². The molecule has 5 aromatic rings. The van der Waals surface area contributed by atoms with Crippen LogP contribution in [0.4, 0.5) is 0 Å². The van der Waals surface area contributed by atoms with E-state index >= 15 is 0 Å². The number of nitrogens with zero attached hydrogens (tertiary/aromatic N) is 2. The van der Waals surface area contributed by atoms with Gasteiger partial charge in [0.1, 0.15) is 18.2 Å². The Kier molecular flexibility index (Phi) is 2.18. The molecular weight excluding hydrogens is 404 g/mol. The summed E-state index contributed by atoms with van der Waals surface area (Å²) in [6, 6.07) is 11.1. The lowest BCUT2D eigenvalue weighted by Crippen LogP contribution is -2.31. The Morgan fingerprint density at radius 1 is 1.00 bits per heavy atom. The Morgan fingerprint density at radius 3 is 2.58 bits per heavy atom. The van der Waals surface area contributed by atoms with Gasteiger partial charge in [-0.2, -0.15) is 0 Å². The molecule has 2 aromatic carbocycles. The predicted molar refractivity (Wildman–Crippen MR) is 135 cm³/mol. The van der Waals surface area contributed by atoms with Gasteiger partial charge in [-0.05, 0) is 46.7 Å². The van der Waals surface area contributed by atoms with Crippen LogP contribution in [-0.4, -0.2) is 4.98 Å². The number of fused-ring (bicyclic) bond motifs is 7. The number of hydrogen-bond donors (Lipinski definition) is 0. The molecule has 3 aromatic heterocycles. The third kappa shape index (κ3) is 2.68. The lowest BCUT2D eigenvalue weighted by Gasteiger charge is -2.20. The summed E-state index contributed by atoms with van der Waals surface area (Å²) >= 11 is 0. The molecule has 3 heterocycles. The van der Waals surface area contributed by atoms with E-state index in [0.29, 0.717) is 44.3 Å². The first-order valence-electron chi connectivity index (χ1n) is 17.0. The standard InChI is InChI=1S/C30H29N2O/c1-17(2)19-12-14-32(6)25(15-19)26-18(3)7-8-20-21-9-10-23-27(29(21)33-28(20)26)22-11-13-31-16-24(22)30(23,4)5/h7-17H,1-6H3/q+1/i1D3,2D3,4D3,5D3,17D. The molecule has 0 amide bonds. The van der Waals surface area contributed by atoms with Crippen LogP contribution in [0.2, 0.25) is 0 Å². The number of furan rings is 1. The van der Waals surface area contributed by atoms with Gasteiger partial charge >= 0.3 is 0 Å². The van der Waals surface area contributed by atoms with Crippen LogP contribution in [0, 0.1) is 6.92 Å². The number of benzene rings is 2. The third-order valence-corrected chi connectivity index (χ3v) is 6.61. The van der Waals surface area contributed by atoms with Gasteiger partial charge in [-0.15, -0.1) is 0 Å². The molecule has 33 heavy (non-hydrogen) atoms. The molecule has 0 fully saturated rings. The van der Waals surface area contributed by atoms with Crippen molar-refractivity contribution >= 4 is 21.9 Å². The molecule has 0 unspecified atom stereocenters. The maximum atomic E-state index is 8.73.